The molecule has 0 aliphatic carbocycles. The number of rotatable bonds is 7. The Morgan fingerprint density at radius 3 is 2.45 bits per heavy atom. The summed E-state index contributed by atoms with van der Waals surface area (Å²) in [7, 11) is 3.83. The van der Waals surface area contributed by atoms with E-state index in [1.54, 1.807) is 29.2 Å². The summed E-state index contributed by atoms with van der Waals surface area (Å²) in [6.07, 6.45) is 0.0373. The number of aliphatic hydroxyl groups excluding tert-OH is 1. The van der Waals surface area contributed by atoms with Crippen molar-refractivity contribution in [3.63, 3.8) is 0 Å². The first kappa shape index (κ1) is 21.1. The lowest BCUT2D eigenvalue weighted by molar-refractivity contribution is -0.140. The zero-order valence-corrected chi connectivity index (χ0v) is 17.9. The van der Waals surface area contributed by atoms with E-state index in [4.69, 9.17) is 4.74 Å². The van der Waals surface area contributed by atoms with Crippen molar-refractivity contribution in [1.82, 2.24) is 9.80 Å². The van der Waals surface area contributed by atoms with E-state index >= 15 is 0 Å². The van der Waals surface area contributed by atoms with Crippen LogP contribution in [0.25, 0.3) is 5.76 Å². The van der Waals surface area contributed by atoms with Gasteiger partial charge in [0.1, 0.15) is 11.5 Å². The molecule has 0 bridgehead atoms. The number of carbonyl (C=O) groups is 2. The third-order valence-corrected chi connectivity index (χ3v) is 5.57. The first-order valence-corrected chi connectivity index (χ1v) is 10.4. The van der Waals surface area contributed by atoms with E-state index in [1.165, 1.54) is 11.3 Å². The van der Waals surface area contributed by atoms with E-state index in [-0.39, 0.29) is 17.4 Å². The Balaban J connectivity index is 2.02. The molecule has 1 aliphatic heterocycles. The summed E-state index contributed by atoms with van der Waals surface area (Å²) in [6, 6.07) is 10.1. The maximum absolute atomic E-state index is 12.9. The van der Waals surface area contributed by atoms with Crippen LogP contribution in [0, 0.1) is 0 Å². The van der Waals surface area contributed by atoms with Gasteiger partial charge in [-0.25, -0.2) is 0 Å². The molecule has 1 atom stereocenters. The molecular weight excluding hydrogens is 388 g/mol. The number of ketones is 1. The number of carbonyl (C=O) groups excluding carboxylic acids is 2. The van der Waals surface area contributed by atoms with E-state index in [0.29, 0.717) is 24.4 Å². The van der Waals surface area contributed by atoms with E-state index in [1.807, 2.05) is 50.4 Å². The Hall–Kier alpha value is -2.64. The Kier molecular flexibility index (Phi) is 6.39. The standard InChI is InChI=1S/C22H26N2O4S/c1-14(2)28-16-9-7-15(8-10-16)20(25)18-19(17-6-5-13-29-17)24(12-11-23(3)4)22(27)21(18)26/h5-10,13-14,19,25H,11-12H2,1-4H3/t19-/m0/s1. The van der Waals surface area contributed by atoms with E-state index in [0.717, 1.165) is 4.88 Å². The van der Waals surface area contributed by atoms with Gasteiger partial charge in [-0.15, -0.1) is 11.3 Å². The Morgan fingerprint density at radius 2 is 1.90 bits per heavy atom. The minimum Gasteiger partial charge on any atom is -0.507 e. The summed E-state index contributed by atoms with van der Waals surface area (Å²) in [6.45, 7) is 4.89. The second-order valence-electron chi connectivity index (χ2n) is 7.50. The van der Waals surface area contributed by atoms with Crippen LogP contribution in [0.3, 0.4) is 0 Å². The number of amides is 1. The largest absolute Gasteiger partial charge is 0.507 e. The molecule has 3 rings (SSSR count). The van der Waals surface area contributed by atoms with Crippen LogP contribution in [0.2, 0.25) is 0 Å². The molecule has 29 heavy (non-hydrogen) atoms. The highest BCUT2D eigenvalue weighted by atomic mass is 32.1. The molecule has 2 aromatic rings. The van der Waals surface area contributed by atoms with Gasteiger partial charge in [0.05, 0.1) is 17.7 Å². The molecule has 1 aromatic carbocycles. The molecular formula is C22H26N2O4S. The minimum absolute atomic E-state index is 0.0373. The predicted octanol–water partition coefficient (Wildman–Crippen LogP) is 3.52. The molecule has 1 N–H and O–H groups in total. The molecule has 6 nitrogen and oxygen atoms in total. The lowest BCUT2D eigenvalue weighted by Gasteiger charge is -2.25. The molecule has 2 heterocycles. The smallest absolute Gasteiger partial charge is 0.295 e. The summed E-state index contributed by atoms with van der Waals surface area (Å²) < 4.78 is 5.63. The van der Waals surface area contributed by atoms with Crippen LogP contribution in [0.1, 0.15) is 30.3 Å². The molecule has 154 valence electrons. The van der Waals surface area contributed by atoms with Gasteiger partial charge in [0.2, 0.25) is 0 Å². The van der Waals surface area contributed by atoms with Gasteiger partial charge < -0.3 is 19.6 Å². The van der Waals surface area contributed by atoms with Crippen molar-refractivity contribution in [2.24, 2.45) is 0 Å². The zero-order chi connectivity index (χ0) is 21.1. The topological polar surface area (TPSA) is 70.1 Å². The van der Waals surface area contributed by atoms with Gasteiger partial charge in [0.25, 0.3) is 11.7 Å². The molecule has 0 saturated carbocycles. The molecule has 1 saturated heterocycles. The highest BCUT2D eigenvalue weighted by Crippen LogP contribution is 2.41. The van der Waals surface area contributed by atoms with E-state index in [2.05, 4.69) is 0 Å². The Labute approximate surface area is 175 Å². The lowest BCUT2D eigenvalue weighted by Crippen LogP contribution is -2.35. The van der Waals surface area contributed by atoms with Crippen molar-refractivity contribution >= 4 is 28.8 Å². The van der Waals surface area contributed by atoms with Gasteiger partial charge in [-0.2, -0.15) is 0 Å². The third-order valence-electron chi connectivity index (χ3n) is 4.64. The minimum atomic E-state index is -0.651. The molecule has 0 radical (unpaired) electrons. The van der Waals surface area contributed by atoms with Gasteiger partial charge in [-0.05, 0) is 63.7 Å². The van der Waals surface area contributed by atoms with Crippen LogP contribution in [-0.4, -0.2) is 59.9 Å². The van der Waals surface area contributed by atoms with Gasteiger partial charge in [-0.1, -0.05) is 6.07 Å². The molecule has 1 amide bonds. The lowest BCUT2D eigenvalue weighted by atomic mass is 10.00. The number of likely N-dealkylation sites (tertiary alicyclic amines) is 1. The third kappa shape index (κ3) is 4.52. The monoisotopic (exact) mass is 414 g/mol. The van der Waals surface area contributed by atoms with E-state index in [9.17, 15) is 14.7 Å². The highest BCUT2D eigenvalue weighted by molar-refractivity contribution is 7.10. The summed E-state index contributed by atoms with van der Waals surface area (Å²) in [5.74, 6) is -0.711. The van der Waals surface area contributed by atoms with Crippen LogP contribution in [0.15, 0.2) is 47.4 Å². The van der Waals surface area contributed by atoms with Gasteiger partial charge in [-0.3, -0.25) is 9.59 Å². The normalized spacial score (nSPS) is 18.8. The van der Waals surface area contributed by atoms with Crippen molar-refractivity contribution < 1.29 is 19.4 Å². The number of Topliss-reactive ketones (excluding diaryl/α,β-unsaturated/α-hetero) is 1. The molecule has 0 spiro atoms. The van der Waals surface area contributed by atoms with Crippen LogP contribution < -0.4 is 4.74 Å². The zero-order valence-electron chi connectivity index (χ0n) is 17.1. The second-order valence-corrected chi connectivity index (χ2v) is 8.48. The van der Waals surface area contributed by atoms with Crippen LogP contribution in [0.5, 0.6) is 5.75 Å². The van der Waals surface area contributed by atoms with Crippen molar-refractivity contribution in [2.75, 3.05) is 27.2 Å². The maximum atomic E-state index is 12.9. The van der Waals surface area contributed by atoms with Crippen molar-refractivity contribution in [3.8, 4) is 5.75 Å². The van der Waals surface area contributed by atoms with Gasteiger partial charge >= 0.3 is 0 Å². The van der Waals surface area contributed by atoms with Crippen LogP contribution in [-0.2, 0) is 9.59 Å². The first-order chi connectivity index (χ1) is 13.8. The molecule has 1 aromatic heterocycles. The number of hydrogen-bond acceptors (Lipinski definition) is 6. The number of ether oxygens (including phenoxy) is 1. The summed E-state index contributed by atoms with van der Waals surface area (Å²) >= 11 is 1.46. The highest BCUT2D eigenvalue weighted by Gasteiger charge is 2.46. The SMILES string of the molecule is CC(C)Oc1ccc(C(O)=C2C(=O)C(=O)N(CCN(C)C)[C@H]2c2cccs2)cc1. The van der Waals surface area contributed by atoms with Crippen molar-refractivity contribution in [1.29, 1.82) is 0 Å². The Morgan fingerprint density at radius 1 is 1.21 bits per heavy atom. The fourth-order valence-electron chi connectivity index (χ4n) is 3.28. The van der Waals surface area contributed by atoms with Gasteiger partial charge in [0, 0.05) is 23.5 Å². The average molecular weight is 415 g/mol. The number of aliphatic hydroxyl groups is 1. The van der Waals surface area contributed by atoms with Crippen LogP contribution in [0.4, 0.5) is 0 Å². The number of likely N-dealkylation sites (N-methyl/N-ethyl adjacent to an activating group) is 1. The predicted molar refractivity (Wildman–Crippen MR) is 114 cm³/mol. The molecule has 1 fully saturated rings. The number of hydrogen-bond donors (Lipinski definition) is 1. The van der Waals surface area contributed by atoms with Crippen LogP contribution >= 0.6 is 11.3 Å². The van der Waals surface area contributed by atoms with Crippen molar-refractivity contribution in [2.45, 2.75) is 26.0 Å². The number of benzene rings is 1. The number of nitrogens with zero attached hydrogens (tertiary/aromatic N) is 2. The van der Waals surface area contributed by atoms with Gasteiger partial charge in [0.15, 0.2) is 0 Å². The van der Waals surface area contributed by atoms with E-state index < -0.39 is 17.7 Å². The quantitative estimate of drug-likeness (QED) is 0.426. The van der Waals surface area contributed by atoms with Crippen molar-refractivity contribution in [3.05, 3.63) is 57.8 Å². The Bertz CT molecular complexity index is 901. The summed E-state index contributed by atoms with van der Waals surface area (Å²) in [5, 5.41) is 12.9. The summed E-state index contributed by atoms with van der Waals surface area (Å²) in [5.41, 5.74) is 0.613. The fourth-order valence-corrected chi connectivity index (χ4v) is 4.13. The molecule has 0 unspecified atom stereocenters. The fraction of sp³-hybridized carbons (Fsp3) is 0.364. The average Bonchev–Trinajstić information content (AvgIpc) is 3.27. The maximum Gasteiger partial charge on any atom is 0.295 e. The molecule has 1 aliphatic rings. The summed E-state index contributed by atoms with van der Waals surface area (Å²) in [4.78, 5) is 30.0. The molecule has 7 heteroatoms. The second kappa shape index (κ2) is 8.80. The number of thiophene rings is 1. The first-order valence-electron chi connectivity index (χ1n) is 9.53.